The highest BCUT2D eigenvalue weighted by atomic mass is 16.6. The second kappa shape index (κ2) is 6.83. The Balaban J connectivity index is 2.38. The molecule has 0 unspecified atom stereocenters. The highest BCUT2D eigenvalue weighted by molar-refractivity contribution is 5.80. The third-order valence-electron chi connectivity index (χ3n) is 3.27. The summed E-state index contributed by atoms with van der Waals surface area (Å²) in [5, 5.41) is 13.6. The number of nitrogens with zero attached hydrogens (tertiary/aromatic N) is 4. The zero-order valence-corrected chi connectivity index (χ0v) is 12.5. The Labute approximate surface area is 122 Å². The average molecular weight is 289 g/mol. The van der Waals surface area contributed by atoms with E-state index in [1.54, 1.807) is 0 Å². The normalized spacial score (nSPS) is 11.7. The Kier molecular flexibility index (Phi) is 4.86. The maximum atomic E-state index is 11.7. The van der Waals surface area contributed by atoms with Gasteiger partial charge in [0, 0.05) is 5.56 Å². The van der Waals surface area contributed by atoms with Gasteiger partial charge in [-0.3, -0.25) is 0 Å². The first-order chi connectivity index (χ1) is 10.2. The van der Waals surface area contributed by atoms with E-state index in [2.05, 4.69) is 27.6 Å². The molecule has 0 aliphatic carbocycles. The fourth-order valence-electron chi connectivity index (χ4n) is 1.94. The monoisotopic (exact) mass is 289 g/mol. The molecule has 0 atom stereocenters. The van der Waals surface area contributed by atoms with Crippen molar-refractivity contribution in [3.63, 3.8) is 0 Å². The van der Waals surface area contributed by atoms with Crippen LogP contribution in [0.25, 0.3) is 5.69 Å². The summed E-state index contributed by atoms with van der Waals surface area (Å²) in [5.41, 5.74) is 3.19. The fourth-order valence-corrected chi connectivity index (χ4v) is 1.94. The predicted molar refractivity (Wildman–Crippen MR) is 79.5 cm³/mol. The van der Waals surface area contributed by atoms with Gasteiger partial charge in [-0.1, -0.05) is 31.1 Å². The van der Waals surface area contributed by atoms with Crippen molar-refractivity contribution in [1.82, 2.24) is 20.2 Å². The quantitative estimate of drug-likeness (QED) is 0.649. The van der Waals surface area contributed by atoms with Crippen molar-refractivity contribution in [3.8, 4) is 5.69 Å². The van der Waals surface area contributed by atoms with Crippen LogP contribution < -0.4 is 5.69 Å². The molecule has 2 aromatic rings. The highest BCUT2D eigenvalue weighted by Crippen LogP contribution is 2.19. The number of tetrazole rings is 1. The van der Waals surface area contributed by atoms with Crippen LogP contribution in [0.15, 0.2) is 28.1 Å². The van der Waals surface area contributed by atoms with Crippen LogP contribution in [-0.2, 0) is 17.9 Å². The van der Waals surface area contributed by atoms with Gasteiger partial charge in [-0.2, -0.15) is 4.68 Å². The van der Waals surface area contributed by atoms with Crippen molar-refractivity contribution in [2.45, 2.75) is 40.2 Å². The molecule has 1 aromatic carbocycles. The Hall–Kier alpha value is -2.44. The van der Waals surface area contributed by atoms with Crippen molar-refractivity contribution in [3.05, 3.63) is 39.8 Å². The minimum atomic E-state index is -0.377. The molecule has 0 aliphatic heterocycles. The van der Waals surface area contributed by atoms with Gasteiger partial charge < -0.3 is 4.84 Å². The van der Waals surface area contributed by atoms with Gasteiger partial charge in [-0.15, -0.1) is 0 Å². The number of benzene rings is 1. The summed E-state index contributed by atoms with van der Waals surface area (Å²) in [7, 11) is 0. The Morgan fingerprint density at radius 1 is 1.43 bits per heavy atom. The van der Waals surface area contributed by atoms with Crippen LogP contribution in [0.2, 0.25) is 0 Å². The fraction of sp³-hybridized carbons (Fsp3) is 0.429. The highest BCUT2D eigenvalue weighted by Gasteiger charge is 2.13. The number of nitrogens with one attached hydrogen (secondary N) is 1. The molecule has 0 bridgehead atoms. The van der Waals surface area contributed by atoms with Crippen LogP contribution in [0.3, 0.4) is 0 Å². The molecule has 0 spiro atoms. The van der Waals surface area contributed by atoms with Crippen LogP contribution in [0.5, 0.6) is 0 Å². The number of rotatable bonds is 6. The average Bonchev–Trinajstić information content (AvgIpc) is 2.93. The molecule has 2 rings (SSSR count). The minimum Gasteiger partial charge on any atom is -0.391 e. The van der Waals surface area contributed by atoms with Crippen molar-refractivity contribution in [2.24, 2.45) is 5.16 Å². The Bertz CT molecular complexity index is 687. The lowest BCUT2D eigenvalue weighted by molar-refractivity contribution is 0.129. The Morgan fingerprint density at radius 3 is 2.86 bits per heavy atom. The van der Waals surface area contributed by atoms with Crippen molar-refractivity contribution < 1.29 is 4.84 Å². The third kappa shape index (κ3) is 3.36. The molecule has 0 fully saturated rings. The maximum Gasteiger partial charge on any atom is 0.365 e. The van der Waals surface area contributed by atoms with Gasteiger partial charge in [0.2, 0.25) is 0 Å². The summed E-state index contributed by atoms with van der Waals surface area (Å²) >= 11 is 0. The van der Waals surface area contributed by atoms with Crippen LogP contribution >= 0.6 is 0 Å². The number of aromatic nitrogens is 4. The van der Waals surface area contributed by atoms with Gasteiger partial charge in [0.1, 0.15) is 6.61 Å². The molecule has 112 valence electrons. The minimum absolute atomic E-state index is 0.288. The van der Waals surface area contributed by atoms with Crippen LogP contribution in [0.4, 0.5) is 0 Å². The van der Waals surface area contributed by atoms with E-state index in [0.717, 1.165) is 29.7 Å². The largest absolute Gasteiger partial charge is 0.391 e. The number of oxime groups is 1. The van der Waals surface area contributed by atoms with Gasteiger partial charge in [-0.25, -0.2) is 9.89 Å². The standard InChI is InChI=1S/C14H19N5O2/c1-4-10(3)16-21-9-12-11(5-2)7-6-8-13(12)19-14(20)15-17-18-19/h6-8H,4-5,9H2,1-3H3,(H,15,18,20). The molecule has 7 nitrogen and oxygen atoms in total. The number of hydrogen-bond donors (Lipinski definition) is 1. The van der Waals surface area contributed by atoms with E-state index in [9.17, 15) is 4.79 Å². The topological polar surface area (TPSA) is 85.2 Å². The van der Waals surface area contributed by atoms with E-state index >= 15 is 0 Å². The summed E-state index contributed by atoms with van der Waals surface area (Å²) in [4.78, 5) is 17.1. The van der Waals surface area contributed by atoms with Crippen molar-refractivity contribution in [2.75, 3.05) is 0 Å². The van der Waals surface area contributed by atoms with Crippen molar-refractivity contribution >= 4 is 5.71 Å². The first-order valence-corrected chi connectivity index (χ1v) is 6.94. The van der Waals surface area contributed by atoms with Crippen molar-refractivity contribution in [1.29, 1.82) is 0 Å². The van der Waals surface area contributed by atoms with E-state index in [1.807, 2.05) is 32.0 Å². The van der Waals surface area contributed by atoms with Crippen LogP contribution in [0.1, 0.15) is 38.3 Å². The number of aryl methyl sites for hydroxylation is 1. The molecule has 7 heteroatoms. The molecule has 0 radical (unpaired) electrons. The number of hydrogen-bond acceptors (Lipinski definition) is 5. The maximum absolute atomic E-state index is 11.7. The second-order valence-electron chi connectivity index (χ2n) is 4.64. The third-order valence-corrected chi connectivity index (χ3v) is 3.27. The van der Waals surface area contributed by atoms with E-state index < -0.39 is 0 Å². The second-order valence-corrected chi connectivity index (χ2v) is 4.64. The lowest BCUT2D eigenvalue weighted by Gasteiger charge is -2.12. The van der Waals surface area contributed by atoms with Gasteiger partial charge in [0.25, 0.3) is 0 Å². The zero-order chi connectivity index (χ0) is 15.2. The lowest BCUT2D eigenvalue weighted by atomic mass is 10.0. The van der Waals surface area contributed by atoms with E-state index in [0.29, 0.717) is 5.69 Å². The molecule has 21 heavy (non-hydrogen) atoms. The SMILES string of the molecule is CCC(C)=NOCc1c(CC)cccc1-n1nn[nH]c1=O. The summed E-state index contributed by atoms with van der Waals surface area (Å²) < 4.78 is 1.23. The molecule has 1 N–H and O–H groups in total. The summed E-state index contributed by atoms with van der Waals surface area (Å²) in [6.07, 6.45) is 1.67. The van der Waals surface area contributed by atoms with E-state index in [4.69, 9.17) is 4.84 Å². The van der Waals surface area contributed by atoms with Gasteiger partial charge in [-0.05, 0) is 41.8 Å². The van der Waals surface area contributed by atoms with E-state index in [1.165, 1.54) is 4.68 Å². The lowest BCUT2D eigenvalue weighted by Crippen LogP contribution is -2.18. The van der Waals surface area contributed by atoms with Crippen LogP contribution in [0, 0.1) is 0 Å². The van der Waals surface area contributed by atoms with Gasteiger partial charge in [0.15, 0.2) is 0 Å². The van der Waals surface area contributed by atoms with Crippen LogP contribution in [-0.4, -0.2) is 25.9 Å². The molecule has 1 heterocycles. The first kappa shape index (κ1) is 15.0. The van der Waals surface area contributed by atoms with E-state index in [-0.39, 0.29) is 12.3 Å². The Morgan fingerprint density at radius 2 is 2.24 bits per heavy atom. The molecule has 1 aromatic heterocycles. The molecular formula is C14H19N5O2. The number of aromatic amines is 1. The van der Waals surface area contributed by atoms with Gasteiger partial charge in [0.05, 0.1) is 11.4 Å². The summed E-state index contributed by atoms with van der Waals surface area (Å²) in [6.45, 7) is 6.27. The molecule has 0 aliphatic rings. The smallest absolute Gasteiger partial charge is 0.365 e. The molecule has 0 saturated heterocycles. The zero-order valence-electron chi connectivity index (χ0n) is 12.5. The molecule has 0 amide bonds. The summed E-state index contributed by atoms with van der Waals surface area (Å²) in [6, 6.07) is 5.71. The first-order valence-electron chi connectivity index (χ1n) is 6.94. The van der Waals surface area contributed by atoms with Gasteiger partial charge >= 0.3 is 5.69 Å². The summed E-state index contributed by atoms with van der Waals surface area (Å²) in [5.74, 6) is 0. The molecular weight excluding hydrogens is 270 g/mol. The molecule has 0 saturated carbocycles. The number of H-pyrrole nitrogens is 1. The predicted octanol–water partition coefficient (Wildman–Crippen LogP) is 1.82.